The van der Waals surface area contributed by atoms with Crippen molar-refractivity contribution < 1.29 is 13.7 Å². The van der Waals surface area contributed by atoms with Crippen molar-refractivity contribution in [2.24, 2.45) is 0 Å². The number of nitrogens with zero attached hydrogens (tertiary/aromatic N) is 3. The Labute approximate surface area is 191 Å². The van der Waals surface area contributed by atoms with Crippen molar-refractivity contribution in [3.63, 3.8) is 0 Å². The summed E-state index contributed by atoms with van der Waals surface area (Å²) in [5, 5.41) is 12.0. The van der Waals surface area contributed by atoms with E-state index in [1.165, 1.54) is 30.3 Å². The zero-order valence-electron chi connectivity index (χ0n) is 18.7. The van der Waals surface area contributed by atoms with Crippen molar-refractivity contribution >= 4 is 22.0 Å². The molecule has 0 aliphatic rings. The summed E-state index contributed by atoms with van der Waals surface area (Å²) in [6, 6.07) is 10.5. The number of anilines is 1. The number of thiophene rings is 1. The van der Waals surface area contributed by atoms with Gasteiger partial charge in [-0.15, -0.1) is 11.3 Å². The molecule has 32 heavy (non-hydrogen) atoms. The van der Waals surface area contributed by atoms with Crippen LogP contribution in [0.5, 0.6) is 0 Å². The van der Waals surface area contributed by atoms with Crippen molar-refractivity contribution in [1.82, 2.24) is 4.90 Å². The normalized spacial score (nSPS) is 11.2. The van der Waals surface area contributed by atoms with Gasteiger partial charge in [0.1, 0.15) is 11.6 Å². The molecule has 0 bridgehead atoms. The summed E-state index contributed by atoms with van der Waals surface area (Å²) in [6.45, 7) is 5.44. The number of benzene rings is 2. The molecule has 2 aromatic carbocycles. The summed E-state index contributed by atoms with van der Waals surface area (Å²) in [4.78, 5) is 15.7. The molecule has 8 heteroatoms. The molecule has 0 amide bonds. The van der Waals surface area contributed by atoms with Crippen molar-refractivity contribution in [3.8, 4) is 10.4 Å². The second kappa shape index (κ2) is 10.2. The van der Waals surface area contributed by atoms with Gasteiger partial charge in [-0.05, 0) is 68.4 Å². The highest BCUT2D eigenvalue weighted by atomic mass is 32.1. The third-order valence-corrected chi connectivity index (χ3v) is 6.73. The molecule has 0 saturated carbocycles. The zero-order chi connectivity index (χ0) is 23.4. The van der Waals surface area contributed by atoms with Crippen LogP contribution in [0.25, 0.3) is 10.4 Å². The first-order valence-corrected chi connectivity index (χ1v) is 11.3. The fraction of sp³-hybridized carbons (Fsp3) is 0.333. The Morgan fingerprint density at radius 2 is 1.56 bits per heavy atom. The average molecular weight is 460 g/mol. The molecule has 1 heterocycles. The topological polar surface area (TPSA) is 49.6 Å². The lowest BCUT2D eigenvalue weighted by Crippen LogP contribution is -2.23. The Hall–Kier alpha value is -2.84. The summed E-state index contributed by atoms with van der Waals surface area (Å²) in [6.07, 6.45) is 0.762. The molecule has 0 unspecified atom stereocenters. The molecule has 0 N–H and O–H groups in total. The molecular formula is C24H27F2N3O2S. The van der Waals surface area contributed by atoms with E-state index in [2.05, 4.69) is 11.8 Å². The number of hydrogen-bond donors (Lipinski definition) is 0. The van der Waals surface area contributed by atoms with Gasteiger partial charge in [-0.25, -0.2) is 8.78 Å². The third-order valence-electron chi connectivity index (χ3n) is 5.34. The van der Waals surface area contributed by atoms with Gasteiger partial charge in [-0.2, -0.15) is 0 Å². The molecule has 0 aliphatic carbocycles. The van der Waals surface area contributed by atoms with Gasteiger partial charge in [0.05, 0.1) is 9.92 Å². The summed E-state index contributed by atoms with van der Waals surface area (Å²) >= 11 is 1.57. The summed E-state index contributed by atoms with van der Waals surface area (Å²) < 4.78 is 28.7. The second-order valence-corrected chi connectivity index (χ2v) is 8.80. The number of nitro groups is 1. The van der Waals surface area contributed by atoms with Crippen LogP contribution >= 0.6 is 11.3 Å². The van der Waals surface area contributed by atoms with Gasteiger partial charge in [0.2, 0.25) is 0 Å². The highest BCUT2D eigenvalue weighted by molar-refractivity contribution is 7.19. The highest BCUT2D eigenvalue weighted by Crippen LogP contribution is 2.44. The maximum Gasteiger partial charge on any atom is 0.269 e. The lowest BCUT2D eigenvalue weighted by Gasteiger charge is -2.24. The van der Waals surface area contributed by atoms with Crippen LogP contribution < -0.4 is 4.90 Å². The maximum absolute atomic E-state index is 14.3. The summed E-state index contributed by atoms with van der Waals surface area (Å²) in [7, 11) is 3.98. The number of non-ortho nitro benzene ring substituents is 1. The van der Waals surface area contributed by atoms with Crippen LogP contribution in [-0.4, -0.2) is 30.5 Å². The largest absolute Gasteiger partial charge is 0.359 e. The molecule has 0 fully saturated rings. The number of rotatable bonds is 9. The van der Waals surface area contributed by atoms with E-state index in [0.29, 0.717) is 13.1 Å². The SMILES string of the molecule is CCc1c(N(CC)Cc2c(F)cccc2F)sc(-c2ccc([N+](=O)[O-])cc2)c1CN(C)C. The quantitative estimate of drug-likeness (QED) is 0.280. The smallest absolute Gasteiger partial charge is 0.269 e. The predicted octanol–water partition coefficient (Wildman–Crippen LogP) is 6.25. The van der Waals surface area contributed by atoms with Crippen molar-refractivity contribution in [2.75, 3.05) is 25.5 Å². The summed E-state index contributed by atoms with van der Waals surface area (Å²) in [5.74, 6) is -1.11. The molecule has 3 rings (SSSR count). The van der Waals surface area contributed by atoms with Gasteiger partial charge in [-0.3, -0.25) is 10.1 Å². The van der Waals surface area contributed by atoms with Gasteiger partial charge in [0, 0.05) is 42.2 Å². The fourth-order valence-electron chi connectivity index (χ4n) is 3.76. The van der Waals surface area contributed by atoms with Gasteiger partial charge >= 0.3 is 0 Å². The number of nitro benzene ring substituents is 1. The fourth-order valence-corrected chi connectivity index (χ4v) is 5.23. The maximum atomic E-state index is 14.3. The van der Waals surface area contributed by atoms with Crippen LogP contribution in [0, 0.1) is 21.7 Å². The van der Waals surface area contributed by atoms with Crippen LogP contribution in [0.15, 0.2) is 42.5 Å². The minimum Gasteiger partial charge on any atom is -0.359 e. The minimum absolute atomic E-state index is 0.0422. The first-order valence-electron chi connectivity index (χ1n) is 10.5. The number of halogens is 2. The Balaban J connectivity index is 2.11. The Bertz CT molecular complexity index is 1080. The number of hydrogen-bond acceptors (Lipinski definition) is 5. The third kappa shape index (κ3) is 4.97. The zero-order valence-corrected chi connectivity index (χ0v) is 19.5. The lowest BCUT2D eigenvalue weighted by atomic mass is 10.0. The van der Waals surface area contributed by atoms with Crippen molar-refractivity contribution in [3.05, 3.63) is 80.9 Å². The van der Waals surface area contributed by atoms with Crippen molar-refractivity contribution in [1.29, 1.82) is 0 Å². The minimum atomic E-state index is -0.554. The van der Waals surface area contributed by atoms with Gasteiger partial charge in [0.15, 0.2) is 0 Å². The monoisotopic (exact) mass is 459 g/mol. The molecule has 0 saturated heterocycles. The second-order valence-electron chi connectivity index (χ2n) is 7.80. The van der Waals surface area contributed by atoms with Crippen LogP contribution in [0.2, 0.25) is 0 Å². The highest BCUT2D eigenvalue weighted by Gasteiger charge is 2.24. The average Bonchev–Trinajstić information content (AvgIpc) is 3.11. The molecule has 170 valence electrons. The van der Waals surface area contributed by atoms with Gasteiger partial charge < -0.3 is 9.80 Å². The van der Waals surface area contributed by atoms with Gasteiger partial charge in [-0.1, -0.05) is 13.0 Å². The van der Waals surface area contributed by atoms with E-state index in [-0.39, 0.29) is 17.8 Å². The first-order chi connectivity index (χ1) is 15.3. The van der Waals surface area contributed by atoms with E-state index in [9.17, 15) is 18.9 Å². The van der Waals surface area contributed by atoms with E-state index < -0.39 is 16.6 Å². The molecule has 0 atom stereocenters. The molecule has 3 aromatic rings. The van der Waals surface area contributed by atoms with E-state index in [0.717, 1.165) is 33.0 Å². The summed E-state index contributed by atoms with van der Waals surface area (Å²) in [5.41, 5.74) is 3.26. The standard InChI is InChI=1S/C24H27F2N3O2S/c1-5-18-19(14-27(3)4)23(16-10-12-17(13-11-16)29(30)31)32-24(18)28(6-2)15-20-21(25)8-7-9-22(20)26/h7-13H,5-6,14-15H2,1-4H3. The molecule has 1 aromatic heterocycles. The first kappa shape index (κ1) is 23.8. The lowest BCUT2D eigenvalue weighted by molar-refractivity contribution is -0.384. The van der Waals surface area contributed by atoms with E-state index in [4.69, 9.17) is 0 Å². The van der Waals surface area contributed by atoms with Gasteiger partial charge in [0.25, 0.3) is 5.69 Å². The van der Waals surface area contributed by atoms with Crippen LogP contribution in [0.4, 0.5) is 19.5 Å². The van der Waals surface area contributed by atoms with Crippen LogP contribution in [0.1, 0.15) is 30.5 Å². The van der Waals surface area contributed by atoms with Crippen LogP contribution in [0.3, 0.4) is 0 Å². The Kier molecular flexibility index (Phi) is 7.58. The molecular weight excluding hydrogens is 432 g/mol. The molecule has 0 radical (unpaired) electrons. The molecule has 5 nitrogen and oxygen atoms in total. The van der Waals surface area contributed by atoms with E-state index >= 15 is 0 Å². The Morgan fingerprint density at radius 1 is 0.938 bits per heavy atom. The molecule has 0 aliphatic heterocycles. The van der Waals surface area contributed by atoms with E-state index in [1.54, 1.807) is 23.5 Å². The Morgan fingerprint density at radius 3 is 2.06 bits per heavy atom. The van der Waals surface area contributed by atoms with E-state index in [1.807, 2.05) is 25.9 Å². The van der Waals surface area contributed by atoms with Crippen molar-refractivity contribution in [2.45, 2.75) is 33.4 Å². The molecule has 0 spiro atoms. The predicted molar refractivity (Wildman–Crippen MR) is 126 cm³/mol. The van der Waals surface area contributed by atoms with Crippen LogP contribution in [-0.2, 0) is 19.5 Å².